The lowest BCUT2D eigenvalue weighted by Crippen LogP contribution is -2.39. The molecule has 0 radical (unpaired) electrons. The molecule has 3 heteroatoms. The van der Waals surface area contributed by atoms with Crippen molar-refractivity contribution in [3.05, 3.63) is 35.9 Å². The van der Waals surface area contributed by atoms with Crippen LogP contribution in [-0.2, 0) is 4.74 Å². The molecule has 1 aromatic carbocycles. The van der Waals surface area contributed by atoms with Gasteiger partial charge in [-0.15, -0.1) is 0 Å². The first-order valence-electron chi connectivity index (χ1n) is 6.34. The number of carbonyl (C=O) groups excluding carboxylic acids is 1. The molecule has 1 N–H and O–H groups in total. The summed E-state index contributed by atoms with van der Waals surface area (Å²) in [5.41, 5.74) is -0.323. The minimum Gasteiger partial charge on any atom is -0.458 e. The molecule has 2 atom stereocenters. The summed E-state index contributed by atoms with van der Waals surface area (Å²) in [5.74, 6) is -0.450. The molecule has 0 saturated heterocycles. The van der Waals surface area contributed by atoms with Gasteiger partial charge in [0.2, 0.25) is 0 Å². The summed E-state index contributed by atoms with van der Waals surface area (Å²) in [5, 5.41) is 9.98. The SMILES string of the molecule is CCC(OC(=O)c1ccccc1)C(C)C(C)(C)O. The van der Waals surface area contributed by atoms with Gasteiger partial charge in [-0.25, -0.2) is 4.79 Å². The van der Waals surface area contributed by atoms with E-state index in [9.17, 15) is 9.90 Å². The fourth-order valence-corrected chi connectivity index (χ4v) is 1.77. The van der Waals surface area contributed by atoms with Crippen LogP contribution in [0.15, 0.2) is 30.3 Å². The first-order valence-corrected chi connectivity index (χ1v) is 6.34. The predicted octanol–water partition coefficient (Wildman–Crippen LogP) is 3.03. The molecule has 0 bridgehead atoms. The second kappa shape index (κ2) is 6.01. The van der Waals surface area contributed by atoms with Gasteiger partial charge in [-0.2, -0.15) is 0 Å². The maximum absolute atomic E-state index is 11.9. The van der Waals surface area contributed by atoms with E-state index >= 15 is 0 Å². The van der Waals surface area contributed by atoms with Crippen LogP contribution in [0, 0.1) is 5.92 Å². The Balaban J connectivity index is 2.73. The molecule has 18 heavy (non-hydrogen) atoms. The third-order valence-electron chi connectivity index (χ3n) is 3.34. The van der Waals surface area contributed by atoms with Crippen LogP contribution in [0.25, 0.3) is 0 Å². The molecule has 0 heterocycles. The molecule has 2 unspecified atom stereocenters. The fourth-order valence-electron chi connectivity index (χ4n) is 1.77. The van der Waals surface area contributed by atoms with Crippen LogP contribution in [0.1, 0.15) is 44.5 Å². The molecule has 0 aliphatic carbocycles. The van der Waals surface area contributed by atoms with Gasteiger partial charge in [-0.3, -0.25) is 0 Å². The Kier molecular flexibility index (Phi) is 4.91. The van der Waals surface area contributed by atoms with Gasteiger partial charge < -0.3 is 9.84 Å². The number of ether oxygens (including phenoxy) is 1. The Bertz CT molecular complexity index is 378. The van der Waals surface area contributed by atoms with Gasteiger partial charge in [0.05, 0.1) is 11.2 Å². The third-order valence-corrected chi connectivity index (χ3v) is 3.34. The molecule has 0 aromatic heterocycles. The van der Waals surface area contributed by atoms with Crippen LogP contribution in [-0.4, -0.2) is 22.8 Å². The minimum absolute atomic E-state index is 0.116. The second-order valence-electron chi connectivity index (χ2n) is 5.16. The van der Waals surface area contributed by atoms with Crippen LogP contribution in [0.4, 0.5) is 0 Å². The monoisotopic (exact) mass is 250 g/mol. The molecular formula is C15H22O3. The van der Waals surface area contributed by atoms with Crippen LogP contribution in [0.2, 0.25) is 0 Å². The zero-order valence-corrected chi connectivity index (χ0v) is 11.5. The zero-order valence-electron chi connectivity index (χ0n) is 11.5. The third kappa shape index (κ3) is 3.84. The Hall–Kier alpha value is -1.35. The highest BCUT2D eigenvalue weighted by atomic mass is 16.5. The standard InChI is InChI=1S/C15H22O3/c1-5-13(11(2)15(3,4)17)18-14(16)12-9-7-6-8-10-12/h6-11,13,17H,5H2,1-4H3. The minimum atomic E-state index is -0.863. The van der Waals surface area contributed by atoms with Crippen molar-refractivity contribution < 1.29 is 14.6 Å². The van der Waals surface area contributed by atoms with E-state index in [-0.39, 0.29) is 18.0 Å². The van der Waals surface area contributed by atoms with Crippen molar-refractivity contribution in [1.29, 1.82) is 0 Å². The number of carbonyl (C=O) groups is 1. The van der Waals surface area contributed by atoms with E-state index in [2.05, 4.69) is 0 Å². The number of rotatable bonds is 5. The average Bonchev–Trinajstić information content (AvgIpc) is 2.34. The van der Waals surface area contributed by atoms with Crippen LogP contribution < -0.4 is 0 Å². The summed E-state index contributed by atoms with van der Waals surface area (Å²) in [6, 6.07) is 8.91. The Labute approximate surface area is 109 Å². The highest BCUT2D eigenvalue weighted by Gasteiger charge is 2.31. The van der Waals surface area contributed by atoms with E-state index in [1.54, 1.807) is 38.1 Å². The van der Waals surface area contributed by atoms with E-state index in [0.717, 1.165) is 0 Å². The number of hydrogen-bond donors (Lipinski definition) is 1. The smallest absolute Gasteiger partial charge is 0.338 e. The lowest BCUT2D eigenvalue weighted by molar-refractivity contribution is -0.0519. The lowest BCUT2D eigenvalue weighted by Gasteiger charge is -2.32. The van der Waals surface area contributed by atoms with E-state index in [4.69, 9.17) is 4.74 Å². The van der Waals surface area contributed by atoms with Crippen molar-refractivity contribution in [1.82, 2.24) is 0 Å². The highest BCUT2D eigenvalue weighted by molar-refractivity contribution is 5.89. The summed E-state index contributed by atoms with van der Waals surface area (Å²) >= 11 is 0. The number of benzene rings is 1. The summed E-state index contributed by atoms with van der Waals surface area (Å²) in [4.78, 5) is 11.9. The molecule has 0 aliphatic heterocycles. The van der Waals surface area contributed by atoms with E-state index in [1.165, 1.54) is 0 Å². The molecule has 0 aliphatic rings. The summed E-state index contributed by atoms with van der Waals surface area (Å²) in [6.07, 6.45) is 0.404. The van der Waals surface area contributed by atoms with Gasteiger partial charge in [0, 0.05) is 5.92 Å². The first-order chi connectivity index (χ1) is 8.36. The number of aliphatic hydroxyl groups is 1. The normalized spacial score (nSPS) is 14.9. The van der Waals surface area contributed by atoms with Crippen molar-refractivity contribution in [2.24, 2.45) is 5.92 Å². The van der Waals surface area contributed by atoms with Gasteiger partial charge in [0.1, 0.15) is 6.10 Å². The highest BCUT2D eigenvalue weighted by Crippen LogP contribution is 2.24. The van der Waals surface area contributed by atoms with Gasteiger partial charge in [-0.1, -0.05) is 32.0 Å². The fraction of sp³-hybridized carbons (Fsp3) is 0.533. The van der Waals surface area contributed by atoms with Crippen molar-refractivity contribution in [3.8, 4) is 0 Å². The van der Waals surface area contributed by atoms with Gasteiger partial charge in [-0.05, 0) is 32.4 Å². The molecule has 1 rings (SSSR count). The van der Waals surface area contributed by atoms with Crippen LogP contribution in [0.5, 0.6) is 0 Å². The van der Waals surface area contributed by atoms with E-state index < -0.39 is 5.60 Å². The Morgan fingerprint density at radius 2 is 1.89 bits per heavy atom. The largest absolute Gasteiger partial charge is 0.458 e. The van der Waals surface area contributed by atoms with Crippen molar-refractivity contribution in [3.63, 3.8) is 0 Å². The molecule has 100 valence electrons. The van der Waals surface area contributed by atoms with Crippen LogP contribution in [0.3, 0.4) is 0 Å². The number of esters is 1. The maximum Gasteiger partial charge on any atom is 0.338 e. The zero-order chi connectivity index (χ0) is 13.8. The summed E-state index contributed by atoms with van der Waals surface area (Å²) in [7, 11) is 0. The van der Waals surface area contributed by atoms with Gasteiger partial charge >= 0.3 is 5.97 Å². The van der Waals surface area contributed by atoms with Crippen molar-refractivity contribution >= 4 is 5.97 Å². The Morgan fingerprint density at radius 1 is 1.33 bits per heavy atom. The van der Waals surface area contributed by atoms with Crippen LogP contribution >= 0.6 is 0 Å². The van der Waals surface area contributed by atoms with Crippen molar-refractivity contribution in [2.75, 3.05) is 0 Å². The average molecular weight is 250 g/mol. The van der Waals surface area contributed by atoms with E-state index in [1.807, 2.05) is 19.9 Å². The topological polar surface area (TPSA) is 46.5 Å². The summed E-state index contributed by atoms with van der Waals surface area (Å²) < 4.78 is 5.48. The van der Waals surface area contributed by atoms with E-state index in [0.29, 0.717) is 12.0 Å². The molecule has 3 nitrogen and oxygen atoms in total. The molecule has 0 saturated carbocycles. The van der Waals surface area contributed by atoms with Gasteiger partial charge in [0.25, 0.3) is 0 Å². The number of hydrogen-bond acceptors (Lipinski definition) is 3. The summed E-state index contributed by atoms with van der Waals surface area (Å²) in [6.45, 7) is 7.31. The molecule has 0 fully saturated rings. The first kappa shape index (κ1) is 14.7. The quantitative estimate of drug-likeness (QED) is 0.817. The lowest BCUT2D eigenvalue weighted by atomic mass is 9.87. The molecular weight excluding hydrogens is 228 g/mol. The predicted molar refractivity (Wildman–Crippen MR) is 71.4 cm³/mol. The Morgan fingerprint density at radius 3 is 2.33 bits per heavy atom. The maximum atomic E-state index is 11.9. The second-order valence-corrected chi connectivity index (χ2v) is 5.16. The van der Waals surface area contributed by atoms with Crippen molar-refractivity contribution in [2.45, 2.75) is 45.8 Å². The molecule has 1 aromatic rings. The molecule has 0 amide bonds. The molecule has 0 spiro atoms. The van der Waals surface area contributed by atoms with Gasteiger partial charge in [0.15, 0.2) is 0 Å².